The molecule has 3 rings (SSSR count). The number of sulfonamides is 1. The van der Waals surface area contributed by atoms with Gasteiger partial charge in [-0.2, -0.15) is 0 Å². The lowest BCUT2D eigenvalue weighted by atomic mass is 10.0. The van der Waals surface area contributed by atoms with E-state index in [2.05, 4.69) is 9.71 Å². The summed E-state index contributed by atoms with van der Waals surface area (Å²) in [7, 11) is -3.97. The SMILES string of the molecule is O=C(NS(=O)(=O)c1ccc(Cl)cc1)c1c[nH]cc1-c1ccccc1. The molecular weight excluding hydrogens is 348 g/mol. The first-order valence-corrected chi connectivity index (χ1v) is 8.88. The quantitative estimate of drug-likeness (QED) is 0.747. The average molecular weight is 361 g/mol. The first-order valence-electron chi connectivity index (χ1n) is 7.02. The molecule has 2 aromatic carbocycles. The molecule has 0 saturated carbocycles. The Kier molecular flexibility index (Phi) is 4.42. The van der Waals surface area contributed by atoms with Gasteiger partial charge in [0.2, 0.25) is 0 Å². The molecule has 0 saturated heterocycles. The smallest absolute Gasteiger partial charge is 0.267 e. The normalized spacial score (nSPS) is 11.2. The van der Waals surface area contributed by atoms with Crippen LogP contribution in [0.5, 0.6) is 0 Å². The second kappa shape index (κ2) is 6.51. The zero-order valence-electron chi connectivity index (χ0n) is 12.4. The lowest BCUT2D eigenvalue weighted by Gasteiger charge is -2.08. The Morgan fingerprint density at radius 2 is 1.62 bits per heavy atom. The minimum atomic E-state index is -3.97. The van der Waals surface area contributed by atoms with Crippen LogP contribution in [-0.2, 0) is 10.0 Å². The number of rotatable bonds is 4. The predicted molar refractivity (Wildman–Crippen MR) is 92.3 cm³/mol. The van der Waals surface area contributed by atoms with Gasteiger partial charge in [0.25, 0.3) is 15.9 Å². The van der Waals surface area contributed by atoms with Gasteiger partial charge in [-0.25, -0.2) is 13.1 Å². The predicted octanol–water partition coefficient (Wildman–Crippen LogP) is 3.45. The molecule has 24 heavy (non-hydrogen) atoms. The number of hydrogen-bond acceptors (Lipinski definition) is 3. The summed E-state index contributed by atoms with van der Waals surface area (Å²) < 4.78 is 26.7. The van der Waals surface area contributed by atoms with E-state index < -0.39 is 15.9 Å². The zero-order chi connectivity index (χ0) is 17.2. The fourth-order valence-electron chi connectivity index (χ4n) is 2.26. The van der Waals surface area contributed by atoms with Crippen molar-refractivity contribution in [1.82, 2.24) is 9.71 Å². The van der Waals surface area contributed by atoms with Crippen molar-refractivity contribution in [1.29, 1.82) is 0 Å². The highest BCUT2D eigenvalue weighted by atomic mass is 35.5. The fraction of sp³-hybridized carbons (Fsp3) is 0. The Balaban J connectivity index is 1.89. The van der Waals surface area contributed by atoms with Gasteiger partial charge in [0.05, 0.1) is 10.5 Å². The summed E-state index contributed by atoms with van der Waals surface area (Å²) in [5.74, 6) is -0.704. The molecule has 3 aromatic rings. The topological polar surface area (TPSA) is 79.0 Å². The van der Waals surface area contributed by atoms with Crippen LogP contribution >= 0.6 is 11.6 Å². The third kappa shape index (κ3) is 3.34. The molecule has 122 valence electrons. The molecule has 1 heterocycles. The third-order valence-electron chi connectivity index (χ3n) is 3.43. The molecular formula is C17H13ClN2O3S. The van der Waals surface area contributed by atoms with Crippen LogP contribution in [0.15, 0.2) is 71.9 Å². The van der Waals surface area contributed by atoms with E-state index in [1.165, 1.54) is 30.5 Å². The van der Waals surface area contributed by atoms with Crippen molar-refractivity contribution in [2.45, 2.75) is 4.90 Å². The van der Waals surface area contributed by atoms with Crippen molar-refractivity contribution in [2.24, 2.45) is 0 Å². The van der Waals surface area contributed by atoms with E-state index in [1.807, 2.05) is 30.3 Å². The molecule has 0 aliphatic heterocycles. The van der Waals surface area contributed by atoms with Gasteiger partial charge in [0, 0.05) is 23.0 Å². The van der Waals surface area contributed by atoms with Crippen LogP contribution in [0.4, 0.5) is 0 Å². The Hall–Kier alpha value is -2.57. The highest BCUT2D eigenvalue weighted by Crippen LogP contribution is 2.23. The largest absolute Gasteiger partial charge is 0.366 e. The number of carbonyl (C=O) groups is 1. The van der Waals surface area contributed by atoms with Crippen molar-refractivity contribution in [3.63, 3.8) is 0 Å². The minimum Gasteiger partial charge on any atom is -0.366 e. The van der Waals surface area contributed by atoms with Crippen LogP contribution in [0, 0.1) is 0 Å². The number of benzene rings is 2. The molecule has 1 amide bonds. The van der Waals surface area contributed by atoms with E-state index in [0.29, 0.717) is 10.6 Å². The van der Waals surface area contributed by atoms with E-state index in [4.69, 9.17) is 11.6 Å². The second-order valence-electron chi connectivity index (χ2n) is 5.04. The van der Waals surface area contributed by atoms with Crippen molar-refractivity contribution < 1.29 is 13.2 Å². The average Bonchev–Trinajstić information content (AvgIpc) is 3.05. The molecule has 5 nitrogen and oxygen atoms in total. The van der Waals surface area contributed by atoms with Crippen LogP contribution in [-0.4, -0.2) is 19.3 Å². The minimum absolute atomic E-state index is 0.0305. The molecule has 7 heteroatoms. The number of carbonyl (C=O) groups excluding carboxylic acids is 1. The molecule has 0 bridgehead atoms. The number of H-pyrrole nitrogens is 1. The van der Waals surface area contributed by atoms with Crippen LogP contribution in [0.25, 0.3) is 11.1 Å². The Labute approximate surface area is 144 Å². The summed E-state index contributed by atoms with van der Waals surface area (Å²) in [6.45, 7) is 0. The highest BCUT2D eigenvalue weighted by Gasteiger charge is 2.21. The van der Waals surface area contributed by atoms with Crippen molar-refractivity contribution in [3.05, 3.63) is 77.6 Å². The van der Waals surface area contributed by atoms with Gasteiger partial charge in [0.15, 0.2) is 0 Å². The summed E-state index contributed by atoms with van der Waals surface area (Å²) in [4.78, 5) is 15.2. The van der Waals surface area contributed by atoms with Gasteiger partial charge in [-0.1, -0.05) is 41.9 Å². The van der Waals surface area contributed by atoms with Crippen LogP contribution in [0.2, 0.25) is 5.02 Å². The summed E-state index contributed by atoms with van der Waals surface area (Å²) in [6, 6.07) is 14.8. The van der Waals surface area contributed by atoms with Gasteiger partial charge in [0.1, 0.15) is 0 Å². The van der Waals surface area contributed by atoms with E-state index >= 15 is 0 Å². The number of aromatic nitrogens is 1. The fourth-order valence-corrected chi connectivity index (χ4v) is 3.35. The van der Waals surface area contributed by atoms with Gasteiger partial charge in [-0.05, 0) is 29.8 Å². The number of aromatic amines is 1. The molecule has 0 spiro atoms. The van der Waals surface area contributed by atoms with Crippen LogP contribution in [0.3, 0.4) is 0 Å². The first-order chi connectivity index (χ1) is 11.5. The van der Waals surface area contributed by atoms with E-state index in [1.54, 1.807) is 6.20 Å². The molecule has 1 aromatic heterocycles. The molecule has 0 fully saturated rings. The van der Waals surface area contributed by atoms with Gasteiger partial charge in [-0.3, -0.25) is 4.79 Å². The molecule has 0 aliphatic carbocycles. The third-order valence-corrected chi connectivity index (χ3v) is 5.02. The zero-order valence-corrected chi connectivity index (χ0v) is 13.9. The van der Waals surface area contributed by atoms with E-state index in [0.717, 1.165) is 5.56 Å². The summed E-state index contributed by atoms with van der Waals surface area (Å²) >= 11 is 5.75. The lowest BCUT2D eigenvalue weighted by molar-refractivity contribution is 0.0982. The maximum absolute atomic E-state index is 12.4. The summed E-state index contributed by atoms with van der Waals surface area (Å²) in [6.07, 6.45) is 3.12. The molecule has 0 aliphatic rings. The van der Waals surface area contributed by atoms with Gasteiger partial charge >= 0.3 is 0 Å². The van der Waals surface area contributed by atoms with Crippen LogP contribution < -0.4 is 4.72 Å². The van der Waals surface area contributed by atoms with Crippen molar-refractivity contribution in [2.75, 3.05) is 0 Å². The Morgan fingerprint density at radius 3 is 2.29 bits per heavy atom. The van der Waals surface area contributed by atoms with Gasteiger partial charge in [-0.15, -0.1) is 0 Å². The summed E-state index contributed by atoms with van der Waals surface area (Å²) in [5, 5.41) is 0.414. The monoisotopic (exact) mass is 360 g/mol. The van der Waals surface area contributed by atoms with Crippen molar-refractivity contribution in [3.8, 4) is 11.1 Å². The van der Waals surface area contributed by atoms with Crippen molar-refractivity contribution >= 4 is 27.5 Å². The number of halogens is 1. The summed E-state index contributed by atoms with van der Waals surface area (Å²) in [5.41, 5.74) is 1.69. The first kappa shape index (κ1) is 16.3. The molecule has 2 N–H and O–H groups in total. The van der Waals surface area contributed by atoms with E-state index in [-0.39, 0.29) is 10.5 Å². The highest BCUT2D eigenvalue weighted by molar-refractivity contribution is 7.90. The molecule has 0 radical (unpaired) electrons. The maximum atomic E-state index is 12.4. The second-order valence-corrected chi connectivity index (χ2v) is 7.16. The standard InChI is InChI=1S/C17H13ClN2O3S/c18-13-6-8-14(9-7-13)24(22,23)20-17(21)16-11-19-10-15(16)12-4-2-1-3-5-12/h1-11,19H,(H,20,21). The number of nitrogens with one attached hydrogen (secondary N) is 2. The number of hydrogen-bond donors (Lipinski definition) is 2. The maximum Gasteiger partial charge on any atom is 0.267 e. The lowest BCUT2D eigenvalue weighted by Crippen LogP contribution is -2.30. The van der Waals surface area contributed by atoms with Gasteiger partial charge < -0.3 is 4.98 Å². The Bertz CT molecular complexity index is 965. The van der Waals surface area contributed by atoms with E-state index in [9.17, 15) is 13.2 Å². The molecule has 0 unspecified atom stereocenters. The Morgan fingerprint density at radius 1 is 0.958 bits per heavy atom. The van der Waals surface area contributed by atoms with Crippen LogP contribution in [0.1, 0.15) is 10.4 Å². The number of amides is 1. The molecule has 0 atom stereocenters.